The van der Waals surface area contributed by atoms with E-state index >= 15 is 0 Å². The molecule has 2 aromatic carbocycles. The van der Waals surface area contributed by atoms with Crippen molar-refractivity contribution in [3.63, 3.8) is 0 Å². The monoisotopic (exact) mass is 396 g/mol. The first-order chi connectivity index (χ1) is 13.7. The van der Waals surface area contributed by atoms with E-state index in [1.807, 2.05) is 55.5 Å². The third-order valence-corrected chi connectivity index (χ3v) is 4.20. The highest BCUT2D eigenvalue weighted by Crippen LogP contribution is 2.26. The van der Waals surface area contributed by atoms with Crippen LogP contribution in [0.5, 0.6) is 5.75 Å². The minimum Gasteiger partial charge on any atom is -0.492 e. The summed E-state index contributed by atoms with van der Waals surface area (Å²) in [7, 11) is 0. The fourth-order valence-electron chi connectivity index (χ4n) is 2.56. The van der Waals surface area contributed by atoms with Crippen molar-refractivity contribution in [2.75, 3.05) is 18.5 Å². The van der Waals surface area contributed by atoms with Crippen LogP contribution in [0.3, 0.4) is 0 Å². The zero-order chi connectivity index (χ0) is 19.8. The zero-order valence-corrected chi connectivity index (χ0v) is 16.2. The Bertz CT molecular complexity index is 914. The molecule has 28 heavy (non-hydrogen) atoms. The number of nitrogens with zero attached hydrogens (tertiary/aromatic N) is 2. The van der Waals surface area contributed by atoms with Gasteiger partial charge in [-0.3, -0.25) is 4.79 Å². The van der Waals surface area contributed by atoms with Gasteiger partial charge >= 0.3 is 0 Å². The lowest BCUT2D eigenvalue weighted by Gasteiger charge is -2.11. The van der Waals surface area contributed by atoms with E-state index in [0.717, 1.165) is 17.0 Å². The predicted octanol–water partition coefficient (Wildman–Crippen LogP) is 4.24. The van der Waals surface area contributed by atoms with E-state index < -0.39 is 0 Å². The van der Waals surface area contributed by atoms with Gasteiger partial charge in [0.05, 0.1) is 24.7 Å². The third kappa shape index (κ3) is 5.44. The van der Waals surface area contributed by atoms with Crippen LogP contribution >= 0.6 is 11.6 Å². The minimum absolute atomic E-state index is 0.261. The summed E-state index contributed by atoms with van der Waals surface area (Å²) in [6.45, 7) is 3.00. The maximum Gasteiger partial charge on any atom is 0.271 e. The van der Waals surface area contributed by atoms with Gasteiger partial charge in [0.2, 0.25) is 0 Å². The molecule has 1 amide bonds. The lowest BCUT2D eigenvalue weighted by atomic mass is 10.1. The van der Waals surface area contributed by atoms with Crippen molar-refractivity contribution in [1.29, 1.82) is 0 Å². The lowest BCUT2D eigenvalue weighted by Crippen LogP contribution is -2.26. The van der Waals surface area contributed by atoms with Gasteiger partial charge in [0.1, 0.15) is 17.3 Å². The van der Waals surface area contributed by atoms with Crippen LogP contribution in [0.2, 0.25) is 5.02 Å². The Balaban J connectivity index is 1.55. The van der Waals surface area contributed by atoms with Gasteiger partial charge in [0.15, 0.2) is 0 Å². The number of amides is 1. The molecule has 3 aromatic rings. The summed E-state index contributed by atoms with van der Waals surface area (Å²) in [6, 6.07) is 15.1. The highest BCUT2D eigenvalue weighted by atomic mass is 35.5. The summed E-state index contributed by atoms with van der Waals surface area (Å²) in [4.78, 5) is 20.7. The van der Waals surface area contributed by atoms with Crippen LogP contribution in [0, 0.1) is 0 Å². The van der Waals surface area contributed by atoms with Crippen LogP contribution in [0.4, 0.5) is 11.5 Å². The molecule has 144 valence electrons. The molecule has 0 spiro atoms. The Kier molecular flexibility index (Phi) is 6.81. The number of carbonyl (C=O) groups excluding carboxylic acids is 1. The second kappa shape index (κ2) is 9.71. The molecule has 0 radical (unpaired) electrons. The molecule has 3 rings (SSSR count). The average Bonchev–Trinajstić information content (AvgIpc) is 2.71. The van der Waals surface area contributed by atoms with Crippen molar-refractivity contribution in [2.45, 2.75) is 13.3 Å². The summed E-state index contributed by atoms with van der Waals surface area (Å²) in [5.74, 6) is 1.00. The van der Waals surface area contributed by atoms with Crippen LogP contribution in [0.15, 0.2) is 60.9 Å². The number of hydrogen-bond donors (Lipinski definition) is 2. The molecule has 7 heteroatoms. The number of nitrogens with one attached hydrogen (secondary N) is 2. The van der Waals surface area contributed by atoms with Crippen molar-refractivity contribution in [1.82, 2.24) is 15.3 Å². The van der Waals surface area contributed by atoms with Gasteiger partial charge < -0.3 is 15.4 Å². The van der Waals surface area contributed by atoms with E-state index in [1.54, 1.807) is 0 Å². The summed E-state index contributed by atoms with van der Waals surface area (Å²) in [5, 5.41) is 6.69. The molecule has 0 atom stereocenters. The number of halogens is 1. The summed E-state index contributed by atoms with van der Waals surface area (Å²) < 4.78 is 5.58. The molecule has 0 saturated carbocycles. The fraction of sp³-hybridized carbons (Fsp3) is 0.190. The first-order valence-corrected chi connectivity index (χ1v) is 9.37. The number of hydrogen-bond acceptors (Lipinski definition) is 5. The standard InChI is InChI=1S/C21H21ClN4O2/c1-2-28-19-6-4-3-5-17(19)26-20-14-24-18(13-25-20)21(27)23-12-11-15-7-9-16(22)10-8-15/h3-10,13-14H,2,11-12H2,1H3,(H,23,27)(H,25,26). The second-order valence-corrected chi connectivity index (χ2v) is 6.41. The zero-order valence-electron chi connectivity index (χ0n) is 15.5. The van der Waals surface area contributed by atoms with Crippen molar-refractivity contribution in [3.8, 4) is 5.75 Å². The van der Waals surface area contributed by atoms with E-state index in [1.165, 1.54) is 12.4 Å². The Morgan fingerprint density at radius 1 is 1.07 bits per heavy atom. The quantitative estimate of drug-likeness (QED) is 0.595. The van der Waals surface area contributed by atoms with Crippen molar-refractivity contribution in [3.05, 3.63) is 77.2 Å². The first-order valence-electron chi connectivity index (χ1n) is 8.99. The molecular weight excluding hydrogens is 376 g/mol. The number of benzene rings is 2. The van der Waals surface area contributed by atoms with E-state index in [9.17, 15) is 4.79 Å². The first kappa shape index (κ1) is 19.6. The molecular formula is C21H21ClN4O2. The van der Waals surface area contributed by atoms with Crippen molar-refractivity contribution >= 4 is 29.0 Å². The average molecular weight is 397 g/mol. The van der Waals surface area contributed by atoms with E-state index in [-0.39, 0.29) is 11.6 Å². The number of aromatic nitrogens is 2. The maximum absolute atomic E-state index is 12.2. The third-order valence-electron chi connectivity index (χ3n) is 3.95. The number of para-hydroxylation sites is 2. The number of anilines is 2. The van der Waals surface area contributed by atoms with Gasteiger partial charge in [-0.05, 0) is 43.2 Å². The van der Waals surface area contributed by atoms with Crippen LogP contribution < -0.4 is 15.4 Å². The van der Waals surface area contributed by atoms with Gasteiger partial charge in [-0.2, -0.15) is 0 Å². The molecule has 0 bridgehead atoms. The lowest BCUT2D eigenvalue weighted by molar-refractivity contribution is 0.0949. The second-order valence-electron chi connectivity index (χ2n) is 5.97. The Labute approximate surface area is 168 Å². The van der Waals surface area contributed by atoms with Crippen LogP contribution in [0.1, 0.15) is 23.0 Å². The van der Waals surface area contributed by atoms with Gasteiger partial charge in [0.25, 0.3) is 5.91 Å². The molecule has 2 N–H and O–H groups in total. The topological polar surface area (TPSA) is 76.1 Å². The van der Waals surface area contributed by atoms with Gasteiger partial charge in [-0.15, -0.1) is 0 Å². The van der Waals surface area contributed by atoms with E-state index in [0.29, 0.717) is 30.4 Å². The van der Waals surface area contributed by atoms with Crippen molar-refractivity contribution < 1.29 is 9.53 Å². The number of ether oxygens (including phenoxy) is 1. The maximum atomic E-state index is 12.2. The highest BCUT2D eigenvalue weighted by molar-refractivity contribution is 6.30. The Morgan fingerprint density at radius 2 is 1.86 bits per heavy atom. The van der Waals surface area contributed by atoms with Gasteiger partial charge in [-0.25, -0.2) is 9.97 Å². The number of rotatable bonds is 8. The summed E-state index contributed by atoms with van der Waals surface area (Å²) in [5.41, 5.74) is 2.15. The molecule has 0 aliphatic carbocycles. The molecule has 0 aliphatic rings. The van der Waals surface area contributed by atoms with Gasteiger partial charge in [-0.1, -0.05) is 35.9 Å². The van der Waals surface area contributed by atoms with Crippen LogP contribution in [-0.2, 0) is 6.42 Å². The Morgan fingerprint density at radius 3 is 2.57 bits per heavy atom. The minimum atomic E-state index is -0.261. The molecule has 1 heterocycles. The predicted molar refractivity (Wildman–Crippen MR) is 110 cm³/mol. The molecule has 0 unspecified atom stereocenters. The highest BCUT2D eigenvalue weighted by Gasteiger charge is 2.09. The van der Waals surface area contributed by atoms with Gasteiger partial charge in [0, 0.05) is 11.6 Å². The largest absolute Gasteiger partial charge is 0.492 e. The normalized spacial score (nSPS) is 10.4. The molecule has 1 aromatic heterocycles. The molecule has 0 aliphatic heterocycles. The summed E-state index contributed by atoms with van der Waals surface area (Å²) in [6.07, 6.45) is 3.68. The molecule has 6 nitrogen and oxygen atoms in total. The van der Waals surface area contributed by atoms with Crippen molar-refractivity contribution in [2.24, 2.45) is 0 Å². The number of carbonyl (C=O) groups is 1. The molecule has 0 fully saturated rings. The van der Waals surface area contributed by atoms with Crippen LogP contribution in [-0.4, -0.2) is 29.0 Å². The SMILES string of the molecule is CCOc1ccccc1Nc1cnc(C(=O)NCCc2ccc(Cl)cc2)cn1. The smallest absolute Gasteiger partial charge is 0.271 e. The van der Waals surface area contributed by atoms with E-state index in [2.05, 4.69) is 20.6 Å². The Hall–Kier alpha value is -3.12. The van der Waals surface area contributed by atoms with E-state index in [4.69, 9.17) is 16.3 Å². The van der Waals surface area contributed by atoms with Crippen LogP contribution in [0.25, 0.3) is 0 Å². The molecule has 0 saturated heterocycles. The summed E-state index contributed by atoms with van der Waals surface area (Å²) >= 11 is 5.87. The fourth-order valence-corrected chi connectivity index (χ4v) is 2.69.